The van der Waals surface area contributed by atoms with Gasteiger partial charge >= 0.3 is 0 Å². The van der Waals surface area contributed by atoms with E-state index in [9.17, 15) is 4.79 Å². The molecular formula is C23H28N4O2S. The Labute approximate surface area is 182 Å². The van der Waals surface area contributed by atoms with Gasteiger partial charge in [0.05, 0.1) is 18.6 Å². The molecule has 3 aromatic rings. The van der Waals surface area contributed by atoms with Crippen LogP contribution in [0, 0.1) is 20.8 Å². The third-order valence-corrected chi connectivity index (χ3v) is 5.75. The summed E-state index contributed by atoms with van der Waals surface area (Å²) < 4.78 is 7.28. The molecule has 1 atom stereocenters. The molecule has 1 N–H and O–H groups in total. The highest BCUT2D eigenvalue weighted by Crippen LogP contribution is 2.25. The molecule has 30 heavy (non-hydrogen) atoms. The first-order chi connectivity index (χ1) is 14.4. The predicted molar refractivity (Wildman–Crippen MR) is 121 cm³/mol. The van der Waals surface area contributed by atoms with Crippen molar-refractivity contribution in [3.63, 3.8) is 0 Å². The van der Waals surface area contributed by atoms with Gasteiger partial charge in [0.25, 0.3) is 0 Å². The molecule has 0 spiro atoms. The summed E-state index contributed by atoms with van der Waals surface area (Å²) >= 11 is 1.40. The third kappa shape index (κ3) is 5.42. The van der Waals surface area contributed by atoms with Gasteiger partial charge in [0.1, 0.15) is 11.6 Å². The van der Waals surface area contributed by atoms with Crippen LogP contribution in [-0.4, -0.2) is 39.6 Å². The van der Waals surface area contributed by atoms with Gasteiger partial charge < -0.3 is 10.1 Å². The molecule has 158 valence electrons. The number of ether oxygens (including phenoxy) is 1. The average Bonchev–Trinajstić information content (AvgIpc) is 3.08. The van der Waals surface area contributed by atoms with Crippen molar-refractivity contribution in [1.29, 1.82) is 0 Å². The van der Waals surface area contributed by atoms with Crippen LogP contribution in [0.4, 0.5) is 0 Å². The van der Waals surface area contributed by atoms with Crippen molar-refractivity contribution in [3.8, 4) is 11.4 Å². The summed E-state index contributed by atoms with van der Waals surface area (Å²) in [6, 6.07) is 14.2. The van der Waals surface area contributed by atoms with E-state index in [1.54, 1.807) is 7.11 Å². The van der Waals surface area contributed by atoms with E-state index < -0.39 is 0 Å². The first-order valence-corrected chi connectivity index (χ1v) is 10.9. The first-order valence-electron chi connectivity index (χ1n) is 9.92. The molecule has 1 unspecified atom stereocenters. The molecule has 6 nitrogen and oxygen atoms in total. The van der Waals surface area contributed by atoms with E-state index >= 15 is 0 Å². The highest BCUT2D eigenvalue weighted by atomic mass is 32.2. The number of benzene rings is 2. The Hall–Kier alpha value is -2.80. The number of carbonyl (C=O) groups excluding carboxylic acids is 1. The second-order valence-electron chi connectivity index (χ2n) is 7.47. The normalized spacial score (nSPS) is 11.9. The number of aryl methyl sites for hydroxylation is 3. The number of hydrogen-bond donors (Lipinski definition) is 1. The van der Waals surface area contributed by atoms with Crippen LogP contribution in [0.5, 0.6) is 5.75 Å². The number of amides is 1. The first kappa shape index (κ1) is 21.9. The van der Waals surface area contributed by atoms with Gasteiger partial charge in [-0.2, -0.15) is 0 Å². The number of methoxy groups -OCH3 is 1. The zero-order valence-electron chi connectivity index (χ0n) is 18.1. The van der Waals surface area contributed by atoms with Crippen LogP contribution in [0.25, 0.3) is 5.69 Å². The molecule has 7 heteroatoms. The zero-order chi connectivity index (χ0) is 21.7. The molecule has 1 amide bonds. The second-order valence-corrected chi connectivity index (χ2v) is 8.41. The van der Waals surface area contributed by atoms with Crippen molar-refractivity contribution < 1.29 is 9.53 Å². The summed E-state index contributed by atoms with van der Waals surface area (Å²) in [6.07, 6.45) is 0.741. The Morgan fingerprint density at radius 2 is 1.97 bits per heavy atom. The summed E-state index contributed by atoms with van der Waals surface area (Å²) in [5.74, 6) is 1.88. The number of hydrogen-bond acceptors (Lipinski definition) is 5. The van der Waals surface area contributed by atoms with Gasteiger partial charge in [-0.05, 0) is 69.0 Å². The van der Waals surface area contributed by atoms with Crippen LogP contribution in [-0.2, 0) is 11.2 Å². The number of carbonyl (C=O) groups is 1. The molecule has 1 aromatic heterocycles. The molecule has 0 saturated heterocycles. The van der Waals surface area contributed by atoms with Crippen LogP contribution < -0.4 is 10.1 Å². The molecule has 0 radical (unpaired) electrons. The molecule has 0 aliphatic heterocycles. The fourth-order valence-electron chi connectivity index (χ4n) is 3.32. The molecule has 0 aliphatic carbocycles. The lowest BCUT2D eigenvalue weighted by molar-refractivity contribution is -0.119. The molecule has 0 bridgehead atoms. The minimum atomic E-state index is -0.0245. The standard InChI is InChI=1S/C23H28N4O2S/c1-15-9-10-16(2)21(11-15)27-18(4)25-26-23(27)30-14-22(28)24-17(3)12-19-7-6-8-20(13-19)29-5/h6-11,13,17H,12,14H2,1-5H3,(H,24,28). The number of thioether (sulfide) groups is 1. The van der Waals surface area contributed by atoms with Gasteiger partial charge in [0.15, 0.2) is 5.16 Å². The fourth-order valence-corrected chi connectivity index (χ4v) is 4.13. The smallest absolute Gasteiger partial charge is 0.230 e. The molecule has 0 aliphatic rings. The van der Waals surface area contributed by atoms with Crippen LogP contribution in [0.2, 0.25) is 0 Å². The Morgan fingerprint density at radius 1 is 1.17 bits per heavy atom. The lowest BCUT2D eigenvalue weighted by Gasteiger charge is -2.15. The maximum Gasteiger partial charge on any atom is 0.230 e. The lowest BCUT2D eigenvalue weighted by atomic mass is 10.1. The van der Waals surface area contributed by atoms with Crippen molar-refractivity contribution in [1.82, 2.24) is 20.1 Å². The van der Waals surface area contributed by atoms with Crippen molar-refractivity contribution in [3.05, 3.63) is 65.0 Å². The molecule has 0 saturated carbocycles. The summed E-state index contributed by atoms with van der Waals surface area (Å²) in [7, 11) is 1.65. The summed E-state index contributed by atoms with van der Waals surface area (Å²) in [6.45, 7) is 8.06. The molecule has 1 heterocycles. The lowest BCUT2D eigenvalue weighted by Crippen LogP contribution is -2.35. The van der Waals surface area contributed by atoms with Gasteiger partial charge in [-0.15, -0.1) is 10.2 Å². The third-order valence-electron chi connectivity index (χ3n) is 4.82. The number of rotatable bonds is 8. The summed E-state index contributed by atoms with van der Waals surface area (Å²) in [5, 5.41) is 12.3. The van der Waals surface area contributed by atoms with Gasteiger partial charge in [-0.25, -0.2) is 0 Å². The quantitative estimate of drug-likeness (QED) is 0.553. The van der Waals surface area contributed by atoms with E-state index in [-0.39, 0.29) is 17.7 Å². The van der Waals surface area contributed by atoms with Crippen LogP contribution in [0.15, 0.2) is 47.6 Å². The van der Waals surface area contributed by atoms with Crippen molar-refractivity contribution in [2.45, 2.75) is 45.3 Å². The monoisotopic (exact) mass is 424 g/mol. The summed E-state index contributed by atoms with van der Waals surface area (Å²) in [5.41, 5.74) is 4.48. The van der Waals surface area contributed by atoms with Gasteiger partial charge in [0.2, 0.25) is 5.91 Å². The van der Waals surface area contributed by atoms with Crippen molar-refractivity contribution in [2.75, 3.05) is 12.9 Å². The van der Waals surface area contributed by atoms with E-state index in [0.717, 1.165) is 40.0 Å². The van der Waals surface area contributed by atoms with E-state index in [1.807, 2.05) is 42.7 Å². The minimum Gasteiger partial charge on any atom is -0.497 e. The van der Waals surface area contributed by atoms with Crippen LogP contribution in [0.3, 0.4) is 0 Å². The molecule has 0 fully saturated rings. The van der Waals surface area contributed by atoms with Crippen molar-refractivity contribution in [2.24, 2.45) is 0 Å². The van der Waals surface area contributed by atoms with E-state index in [0.29, 0.717) is 0 Å². The molecule has 2 aromatic carbocycles. The number of nitrogens with zero attached hydrogens (tertiary/aromatic N) is 3. The van der Waals surface area contributed by atoms with Crippen molar-refractivity contribution >= 4 is 17.7 Å². The predicted octanol–water partition coefficient (Wildman–Crippen LogP) is 4.04. The SMILES string of the molecule is COc1cccc(CC(C)NC(=O)CSc2nnc(C)n2-c2cc(C)ccc2C)c1. The Balaban J connectivity index is 1.62. The highest BCUT2D eigenvalue weighted by molar-refractivity contribution is 7.99. The largest absolute Gasteiger partial charge is 0.497 e. The fraction of sp³-hybridized carbons (Fsp3) is 0.348. The van der Waals surface area contributed by atoms with E-state index in [2.05, 4.69) is 47.6 Å². The second kappa shape index (κ2) is 9.80. The molecular weight excluding hydrogens is 396 g/mol. The number of aromatic nitrogens is 3. The Kier molecular flexibility index (Phi) is 7.15. The van der Waals surface area contributed by atoms with E-state index in [1.165, 1.54) is 17.3 Å². The average molecular weight is 425 g/mol. The summed E-state index contributed by atoms with van der Waals surface area (Å²) in [4.78, 5) is 12.5. The maximum absolute atomic E-state index is 12.5. The van der Waals surface area contributed by atoms with Crippen LogP contribution in [0.1, 0.15) is 29.4 Å². The maximum atomic E-state index is 12.5. The van der Waals surface area contributed by atoms with Gasteiger partial charge in [-0.1, -0.05) is 36.0 Å². The highest BCUT2D eigenvalue weighted by Gasteiger charge is 2.16. The zero-order valence-corrected chi connectivity index (χ0v) is 18.9. The number of nitrogens with one attached hydrogen (secondary N) is 1. The minimum absolute atomic E-state index is 0.0174. The van der Waals surface area contributed by atoms with E-state index in [4.69, 9.17) is 4.74 Å². The van der Waals surface area contributed by atoms with Gasteiger partial charge in [0, 0.05) is 6.04 Å². The Bertz CT molecular complexity index is 1030. The topological polar surface area (TPSA) is 69.0 Å². The Morgan fingerprint density at radius 3 is 2.73 bits per heavy atom. The van der Waals surface area contributed by atoms with Gasteiger partial charge in [-0.3, -0.25) is 9.36 Å². The van der Waals surface area contributed by atoms with Crippen LogP contribution >= 0.6 is 11.8 Å². The molecule has 3 rings (SSSR count).